The molecule has 0 aromatic heterocycles. The van der Waals surface area contributed by atoms with Crippen LogP contribution in [-0.2, 0) is 16.3 Å². The maximum absolute atomic E-state index is 10.8. The van der Waals surface area contributed by atoms with Gasteiger partial charge in [-0.05, 0) is 30.5 Å². The second-order valence-corrected chi connectivity index (χ2v) is 3.19. The SMILES string of the molecule is CC(=O)Nc1cccc(CCC[O])c1. The molecule has 1 N–H and O–H groups in total. The summed E-state index contributed by atoms with van der Waals surface area (Å²) in [6.45, 7) is 1.43. The van der Waals surface area contributed by atoms with Crippen molar-refractivity contribution in [2.75, 3.05) is 11.9 Å². The van der Waals surface area contributed by atoms with Gasteiger partial charge < -0.3 is 5.32 Å². The quantitative estimate of drug-likeness (QED) is 0.779. The number of aryl methyl sites for hydroxylation is 1. The van der Waals surface area contributed by atoms with Crippen molar-refractivity contribution in [3.05, 3.63) is 29.8 Å². The zero-order valence-corrected chi connectivity index (χ0v) is 8.25. The third-order valence-corrected chi connectivity index (χ3v) is 1.86. The molecule has 0 spiro atoms. The highest BCUT2D eigenvalue weighted by Crippen LogP contribution is 2.11. The number of hydrogen-bond acceptors (Lipinski definition) is 1. The standard InChI is InChI=1S/C11H14NO2/c1-9(14)12-11-6-2-4-10(8-11)5-3-7-13/h2,4,6,8H,3,5,7H2,1H3,(H,12,14). The molecule has 3 heteroatoms. The summed E-state index contributed by atoms with van der Waals surface area (Å²) in [6.07, 6.45) is 1.42. The lowest BCUT2D eigenvalue weighted by Gasteiger charge is -2.04. The molecule has 0 saturated carbocycles. The average Bonchev–Trinajstić information content (AvgIpc) is 2.14. The molecule has 0 atom stereocenters. The Bertz CT molecular complexity index is 310. The van der Waals surface area contributed by atoms with E-state index in [2.05, 4.69) is 5.32 Å². The smallest absolute Gasteiger partial charge is 0.221 e. The highest BCUT2D eigenvalue weighted by molar-refractivity contribution is 5.88. The van der Waals surface area contributed by atoms with Gasteiger partial charge in [-0.1, -0.05) is 12.1 Å². The number of amides is 1. The van der Waals surface area contributed by atoms with Crippen molar-refractivity contribution in [2.24, 2.45) is 0 Å². The van der Waals surface area contributed by atoms with Crippen LogP contribution in [0.1, 0.15) is 18.9 Å². The van der Waals surface area contributed by atoms with Gasteiger partial charge in [0.2, 0.25) is 5.91 Å². The lowest BCUT2D eigenvalue weighted by atomic mass is 10.1. The molecule has 0 saturated heterocycles. The van der Waals surface area contributed by atoms with Crippen molar-refractivity contribution in [1.29, 1.82) is 0 Å². The van der Waals surface area contributed by atoms with Crippen LogP contribution in [0.15, 0.2) is 24.3 Å². The van der Waals surface area contributed by atoms with Gasteiger partial charge in [-0.15, -0.1) is 0 Å². The van der Waals surface area contributed by atoms with Gasteiger partial charge in [0.15, 0.2) is 0 Å². The molecule has 1 rings (SSSR count). The maximum atomic E-state index is 10.8. The Labute approximate surface area is 83.8 Å². The summed E-state index contributed by atoms with van der Waals surface area (Å²) in [5.74, 6) is -0.0778. The second kappa shape index (κ2) is 5.40. The molecule has 0 bridgehead atoms. The first-order valence-corrected chi connectivity index (χ1v) is 4.67. The minimum atomic E-state index is -0.0778. The molecule has 0 aliphatic heterocycles. The lowest BCUT2D eigenvalue weighted by molar-refractivity contribution is -0.114. The molecule has 75 valence electrons. The Morgan fingerprint density at radius 3 is 2.86 bits per heavy atom. The van der Waals surface area contributed by atoms with E-state index in [9.17, 15) is 9.90 Å². The largest absolute Gasteiger partial charge is 0.326 e. The number of nitrogens with one attached hydrogen (secondary N) is 1. The third-order valence-electron chi connectivity index (χ3n) is 1.86. The predicted molar refractivity (Wildman–Crippen MR) is 54.6 cm³/mol. The molecule has 14 heavy (non-hydrogen) atoms. The summed E-state index contributed by atoms with van der Waals surface area (Å²) in [7, 11) is 0. The highest BCUT2D eigenvalue weighted by atomic mass is 16.2. The van der Waals surface area contributed by atoms with Crippen LogP contribution in [0.4, 0.5) is 5.69 Å². The van der Waals surface area contributed by atoms with Gasteiger partial charge in [-0.2, -0.15) is 0 Å². The average molecular weight is 192 g/mol. The van der Waals surface area contributed by atoms with Crippen LogP contribution < -0.4 is 5.32 Å². The first-order chi connectivity index (χ1) is 6.72. The highest BCUT2D eigenvalue weighted by Gasteiger charge is 1.97. The van der Waals surface area contributed by atoms with Crippen LogP contribution in [0.25, 0.3) is 0 Å². The Morgan fingerprint density at radius 1 is 1.43 bits per heavy atom. The van der Waals surface area contributed by atoms with Gasteiger partial charge in [0.1, 0.15) is 0 Å². The number of carbonyl (C=O) groups is 1. The molecule has 0 aliphatic rings. The minimum absolute atomic E-state index is 0.0512. The Hall–Kier alpha value is -1.35. The zero-order chi connectivity index (χ0) is 10.4. The molecule has 1 aromatic carbocycles. The molecule has 3 nitrogen and oxygen atoms in total. The minimum Gasteiger partial charge on any atom is -0.326 e. The van der Waals surface area contributed by atoms with E-state index in [0.29, 0.717) is 6.42 Å². The predicted octanol–water partition coefficient (Wildman–Crippen LogP) is 2.01. The molecule has 0 aliphatic carbocycles. The van der Waals surface area contributed by atoms with Gasteiger partial charge in [0.05, 0.1) is 6.61 Å². The Balaban J connectivity index is 2.63. The topological polar surface area (TPSA) is 49.0 Å². The van der Waals surface area contributed by atoms with E-state index in [1.807, 2.05) is 24.3 Å². The molecular weight excluding hydrogens is 178 g/mol. The molecule has 0 fully saturated rings. The van der Waals surface area contributed by atoms with Gasteiger partial charge in [0.25, 0.3) is 0 Å². The van der Waals surface area contributed by atoms with E-state index in [4.69, 9.17) is 0 Å². The van der Waals surface area contributed by atoms with Crippen molar-refractivity contribution in [2.45, 2.75) is 19.8 Å². The summed E-state index contributed by atoms with van der Waals surface area (Å²) < 4.78 is 0. The van der Waals surface area contributed by atoms with E-state index < -0.39 is 0 Å². The number of benzene rings is 1. The lowest BCUT2D eigenvalue weighted by Crippen LogP contribution is -2.05. The van der Waals surface area contributed by atoms with Crippen molar-refractivity contribution in [3.63, 3.8) is 0 Å². The van der Waals surface area contributed by atoms with Crippen LogP contribution >= 0.6 is 0 Å². The first kappa shape index (κ1) is 10.7. The van der Waals surface area contributed by atoms with E-state index in [1.165, 1.54) is 6.92 Å². The van der Waals surface area contributed by atoms with E-state index in [0.717, 1.165) is 17.7 Å². The van der Waals surface area contributed by atoms with E-state index >= 15 is 0 Å². The van der Waals surface area contributed by atoms with Crippen molar-refractivity contribution < 1.29 is 9.90 Å². The van der Waals surface area contributed by atoms with Crippen molar-refractivity contribution in [1.82, 2.24) is 0 Å². The number of rotatable bonds is 4. The van der Waals surface area contributed by atoms with E-state index in [1.54, 1.807) is 0 Å². The van der Waals surface area contributed by atoms with Gasteiger partial charge in [-0.25, -0.2) is 5.11 Å². The Morgan fingerprint density at radius 2 is 2.21 bits per heavy atom. The van der Waals surface area contributed by atoms with E-state index in [-0.39, 0.29) is 12.5 Å². The number of carbonyl (C=O) groups excluding carboxylic acids is 1. The molecule has 1 radical (unpaired) electrons. The fourth-order valence-electron chi connectivity index (χ4n) is 1.28. The molecule has 0 unspecified atom stereocenters. The van der Waals surface area contributed by atoms with Crippen LogP contribution in [-0.4, -0.2) is 12.5 Å². The fraction of sp³-hybridized carbons (Fsp3) is 0.364. The summed E-state index contributed by atoms with van der Waals surface area (Å²) in [4.78, 5) is 10.8. The van der Waals surface area contributed by atoms with Crippen LogP contribution in [0, 0.1) is 0 Å². The molecule has 1 aromatic rings. The maximum Gasteiger partial charge on any atom is 0.221 e. The third kappa shape index (κ3) is 3.58. The van der Waals surface area contributed by atoms with Gasteiger partial charge in [0, 0.05) is 12.6 Å². The van der Waals surface area contributed by atoms with Gasteiger partial charge >= 0.3 is 0 Å². The zero-order valence-electron chi connectivity index (χ0n) is 8.25. The normalized spacial score (nSPS) is 9.86. The van der Waals surface area contributed by atoms with Crippen LogP contribution in [0.2, 0.25) is 0 Å². The number of hydrogen-bond donors (Lipinski definition) is 1. The Kier molecular flexibility index (Phi) is 4.13. The molecule has 1 amide bonds. The summed E-state index contributed by atoms with van der Waals surface area (Å²) >= 11 is 0. The fourth-order valence-corrected chi connectivity index (χ4v) is 1.28. The monoisotopic (exact) mass is 192 g/mol. The first-order valence-electron chi connectivity index (χ1n) is 4.67. The summed E-state index contributed by atoms with van der Waals surface area (Å²) in [5.41, 5.74) is 1.88. The molecular formula is C11H14NO2. The molecule has 0 heterocycles. The van der Waals surface area contributed by atoms with Crippen molar-refractivity contribution >= 4 is 11.6 Å². The van der Waals surface area contributed by atoms with Crippen LogP contribution in [0.5, 0.6) is 0 Å². The van der Waals surface area contributed by atoms with Gasteiger partial charge in [-0.3, -0.25) is 4.79 Å². The summed E-state index contributed by atoms with van der Waals surface area (Å²) in [6, 6.07) is 7.57. The van der Waals surface area contributed by atoms with Crippen molar-refractivity contribution in [3.8, 4) is 0 Å². The van der Waals surface area contributed by atoms with Crippen LogP contribution in [0.3, 0.4) is 0 Å². The number of anilines is 1. The second-order valence-electron chi connectivity index (χ2n) is 3.19. The summed E-state index contributed by atoms with van der Waals surface area (Å²) in [5, 5.41) is 13.0.